The van der Waals surface area contributed by atoms with Crippen LogP contribution in [0.15, 0.2) is 0 Å². The smallest absolute Gasteiger partial charge is 0.317 e. The number of carbonyl (C=O) groups excluding carboxylic acids is 2. The Morgan fingerprint density at radius 2 is 1.47 bits per heavy atom. The summed E-state index contributed by atoms with van der Waals surface area (Å²) in [6.45, 7) is 6.83. The molecule has 0 bridgehead atoms. The van der Waals surface area contributed by atoms with E-state index in [-0.39, 0.29) is 12.3 Å². The van der Waals surface area contributed by atoms with Crippen LogP contribution >= 0.6 is 0 Å². The zero-order chi connectivity index (χ0) is 14.5. The van der Waals surface area contributed by atoms with Crippen molar-refractivity contribution in [1.29, 1.82) is 0 Å². The lowest BCUT2D eigenvalue weighted by Gasteiger charge is -2.07. The van der Waals surface area contributed by atoms with Gasteiger partial charge in [0, 0.05) is 0 Å². The first-order valence-corrected chi connectivity index (χ1v) is 7.37. The summed E-state index contributed by atoms with van der Waals surface area (Å²) in [6, 6.07) is 0. The first-order valence-electron chi connectivity index (χ1n) is 7.37. The van der Waals surface area contributed by atoms with Crippen LogP contribution in [0.2, 0.25) is 0 Å². The molecule has 0 unspecified atom stereocenters. The molecule has 0 amide bonds. The van der Waals surface area contributed by atoms with Crippen LogP contribution in [0.5, 0.6) is 0 Å². The summed E-state index contributed by atoms with van der Waals surface area (Å²) in [7, 11) is 0. The first kappa shape index (κ1) is 17.9. The molecule has 0 aromatic rings. The highest BCUT2D eigenvalue weighted by Crippen LogP contribution is 2.05. The molecular formula is C15H28O4. The van der Waals surface area contributed by atoms with Gasteiger partial charge in [-0.05, 0) is 12.3 Å². The molecule has 0 saturated carbocycles. The predicted molar refractivity (Wildman–Crippen MR) is 74.7 cm³/mol. The SMILES string of the molecule is CCCCCCCCOC(=O)CC(=O)OCC(C)C. The second kappa shape index (κ2) is 12.0. The average molecular weight is 272 g/mol. The molecule has 0 fully saturated rings. The van der Waals surface area contributed by atoms with Gasteiger partial charge in [-0.3, -0.25) is 9.59 Å². The summed E-state index contributed by atoms with van der Waals surface area (Å²) in [6.07, 6.45) is 6.59. The van der Waals surface area contributed by atoms with E-state index in [2.05, 4.69) is 6.92 Å². The highest BCUT2D eigenvalue weighted by atomic mass is 16.6. The van der Waals surface area contributed by atoms with E-state index in [0.717, 1.165) is 12.8 Å². The van der Waals surface area contributed by atoms with Gasteiger partial charge >= 0.3 is 11.9 Å². The monoisotopic (exact) mass is 272 g/mol. The Hall–Kier alpha value is -1.06. The van der Waals surface area contributed by atoms with Crippen LogP contribution < -0.4 is 0 Å². The predicted octanol–water partition coefficient (Wildman–Crippen LogP) is 3.48. The van der Waals surface area contributed by atoms with Crippen molar-refractivity contribution >= 4 is 11.9 Å². The van der Waals surface area contributed by atoms with Crippen molar-refractivity contribution in [3.05, 3.63) is 0 Å². The highest BCUT2D eigenvalue weighted by molar-refractivity contribution is 5.91. The molecule has 0 aliphatic carbocycles. The fourth-order valence-corrected chi connectivity index (χ4v) is 1.55. The molecule has 0 aliphatic rings. The molecule has 0 N–H and O–H groups in total. The molecule has 4 nitrogen and oxygen atoms in total. The number of unbranched alkanes of at least 4 members (excludes halogenated alkanes) is 5. The first-order chi connectivity index (χ1) is 9.06. The minimum Gasteiger partial charge on any atom is -0.465 e. The van der Waals surface area contributed by atoms with E-state index in [4.69, 9.17) is 9.47 Å². The van der Waals surface area contributed by atoms with Crippen LogP contribution in [0.3, 0.4) is 0 Å². The molecule has 0 radical (unpaired) electrons. The number of carbonyl (C=O) groups is 2. The maximum Gasteiger partial charge on any atom is 0.317 e. The molecular weight excluding hydrogens is 244 g/mol. The number of hydrogen-bond donors (Lipinski definition) is 0. The van der Waals surface area contributed by atoms with Crippen LogP contribution in [0.4, 0.5) is 0 Å². The van der Waals surface area contributed by atoms with Gasteiger partial charge in [0.25, 0.3) is 0 Å². The summed E-state index contributed by atoms with van der Waals surface area (Å²) in [5.41, 5.74) is 0. The normalized spacial score (nSPS) is 10.5. The molecule has 0 atom stereocenters. The maximum absolute atomic E-state index is 11.3. The lowest BCUT2D eigenvalue weighted by molar-refractivity contribution is -0.155. The molecule has 112 valence electrons. The molecule has 4 heteroatoms. The Labute approximate surface area is 116 Å². The second-order valence-corrected chi connectivity index (χ2v) is 5.24. The zero-order valence-corrected chi connectivity index (χ0v) is 12.6. The van der Waals surface area contributed by atoms with Crippen molar-refractivity contribution in [2.75, 3.05) is 13.2 Å². The number of hydrogen-bond acceptors (Lipinski definition) is 4. The Kier molecular flexibility index (Phi) is 11.3. The summed E-state index contributed by atoms with van der Waals surface area (Å²) in [5.74, 6) is -0.702. The topological polar surface area (TPSA) is 52.6 Å². The second-order valence-electron chi connectivity index (χ2n) is 5.24. The van der Waals surface area contributed by atoms with Gasteiger partial charge in [0.15, 0.2) is 0 Å². The van der Waals surface area contributed by atoms with Gasteiger partial charge in [-0.2, -0.15) is 0 Å². The lowest BCUT2D eigenvalue weighted by Crippen LogP contribution is -2.16. The minimum atomic E-state index is -0.498. The third-order valence-corrected chi connectivity index (χ3v) is 2.63. The van der Waals surface area contributed by atoms with Crippen molar-refractivity contribution in [3.63, 3.8) is 0 Å². The molecule has 0 rings (SSSR count). The molecule has 19 heavy (non-hydrogen) atoms. The van der Waals surface area contributed by atoms with Gasteiger partial charge in [-0.15, -0.1) is 0 Å². The van der Waals surface area contributed by atoms with Gasteiger partial charge in [-0.25, -0.2) is 0 Å². The average Bonchev–Trinajstić information content (AvgIpc) is 2.35. The van der Waals surface area contributed by atoms with E-state index in [1.807, 2.05) is 13.8 Å². The molecule has 0 saturated heterocycles. The van der Waals surface area contributed by atoms with Crippen molar-refractivity contribution in [2.45, 2.75) is 65.7 Å². The van der Waals surface area contributed by atoms with E-state index >= 15 is 0 Å². The molecule has 0 spiro atoms. The Balaban J connectivity index is 3.41. The van der Waals surface area contributed by atoms with E-state index in [0.29, 0.717) is 13.2 Å². The van der Waals surface area contributed by atoms with Crippen LogP contribution in [-0.2, 0) is 19.1 Å². The number of ether oxygens (including phenoxy) is 2. The number of rotatable bonds is 11. The summed E-state index contributed by atoms with van der Waals surface area (Å²) < 4.78 is 9.89. The van der Waals surface area contributed by atoms with Crippen molar-refractivity contribution in [2.24, 2.45) is 5.92 Å². The quantitative estimate of drug-likeness (QED) is 0.328. The molecule has 0 aliphatic heterocycles. The Morgan fingerprint density at radius 3 is 2.11 bits per heavy atom. The fourth-order valence-electron chi connectivity index (χ4n) is 1.55. The standard InChI is InChI=1S/C15H28O4/c1-4-5-6-7-8-9-10-18-14(16)11-15(17)19-12-13(2)3/h13H,4-12H2,1-3H3. The third-order valence-electron chi connectivity index (χ3n) is 2.63. The van der Waals surface area contributed by atoms with E-state index in [1.165, 1.54) is 25.7 Å². The molecule has 0 aromatic heterocycles. The van der Waals surface area contributed by atoms with Gasteiger partial charge in [0.05, 0.1) is 13.2 Å². The van der Waals surface area contributed by atoms with Crippen molar-refractivity contribution in [1.82, 2.24) is 0 Å². The maximum atomic E-state index is 11.3. The molecule has 0 heterocycles. The van der Waals surface area contributed by atoms with E-state index < -0.39 is 11.9 Å². The van der Waals surface area contributed by atoms with Gasteiger partial charge in [-0.1, -0.05) is 52.9 Å². The van der Waals surface area contributed by atoms with Crippen LogP contribution in [-0.4, -0.2) is 25.2 Å². The van der Waals surface area contributed by atoms with E-state index in [9.17, 15) is 9.59 Å². The largest absolute Gasteiger partial charge is 0.465 e. The summed E-state index contributed by atoms with van der Waals surface area (Å²) in [5, 5.41) is 0. The Bertz CT molecular complexity index is 249. The van der Waals surface area contributed by atoms with Crippen molar-refractivity contribution < 1.29 is 19.1 Å². The van der Waals surface area contributed by atoms with Crippen molar-refractivity contribution in [3.8, 4) is 0 Å². The number of esters is 2. The van der Waals surface area contributed by atoms with Gasteiger partial charge in [0.1, 0.15) is 6.42 Å². The van der Waals surface area contributed by atoms with Gasteiger partial charge < -0.3 is 9.47 Å². The van der Waals surface area contributed by atoms with Crippen LogP contribution in [0, 0.1) is 5.92 Å². The molecule has 0 aromatic carbocycles. The highest BCUT2D eigenvalue weighted by Gasteiger charge is 2.12. The minimum absolute atomic E-state index is 0.275. The lowest BCUT2D eigenvalue weighted by atomic mass is 10.1. The summed E-state index contributed by atoms with van der Waals surface area (Å²) in [4.78, 5) is 22.6. The van der Waals surface area contributed by atoms with Gasteiger partial charge in [0.2, 0.25) is 0 Å². The summed E-state index contributed by atoms with van der Waals surface area (Å²) >= 11 is 0. The van der Waals surface area contributed by atoms with E-state index in [1.54, 1.807) is 0 Å². The Morgan fingerprint density at radius 1 is 0.895 bits per heavy atom. The van der Waals surface area contributed by atoms with Crippen LogP contribution in [0.1, 0.15) is 65.7 Å². The fraction of sp³-hybridized carbons (Fsp3) is 0.867. The third kappa shape index (κ3) is 13.2. The zero-order valence-electron chi connectivity index (χ0n) is 12.6. The van der Waals surface area contributed by atoms with Crippen LogP contribution in [0.25, 0.3) is 0 Å².